The van der Waals surface area contributed by atoms with Gasteiger partial charge in [-0.1, -0.05) is 0 Å². The molecule has 3 aromatic heterocycles. The first kappa shape index (κ1) is 13.0. The van der Waals surface area contributed by atoms with Crippen molar-refractivity contribution < 1.29 is 4.79 Å². The van der Waals surface area contributed by atoms with Gasteiger partial charge in [-0.25, -0.2) is 9.97 Å². The summed E-state index contributed by atoms with van der Waals surface area (Å²) in [4.78, 5) is 24.5. The molecule has 1 N–H and O–H groups in total. The Morgan fingerprint density at radius 1 is 1.14 bits per heavy atom. The number of nitrogens with one attached hydrogen (secondary N) is 1. The molecule has 0 unspecified atom stereocenters. The zero-order chi connectivity index (χ0) is 14.7. The molecule has 0 saturated heterocycles. The molecule has 6 heteroatoms. The Bertz CT molecular complexity index is 753. The number of rotatable bonds is 3. The van der Waals surface area contributed by atoms with E-state index >= 15 is 0 Å². The van der Waals surface area contributed by atoms with Gasteiger partial charge >= 0.3 is 0 Å². The van der Waals surface area contributed by atoms with Gasteiger partial charge in [-0.05, 0) is 36.8 Å². The average Bonchev–Trinajstić information content (AvgIpc) is 3.02. The highest BCUT2D eigenvalue weighted by atomic mass is 16.1. The highest BCUT2D eigenvalue weighted by Gasteiger charge is 2.10. The van der Waals surface area contributed by atoms with Crippen molar-refractivity contribution >= 4 is 11.6 Å². The van der Waals surface area contributed by atoms with E-state index in [-0.39, 0.29) is 5.91 Å². The van der Waals surface area contributed by atoms with Crippen LogP contribution in [0, 0.1) is 6.92 Å². The van der Waals surface area contributed by atoms with Crippen molar-refractivity contribution in [2.24, 2.45) is 0 Å². The maximum absolute atomic E-state index is 12.3. The molecule has 0 fully saturated rings. The molecule has 0 aliphatic carbocycles. The van der Waals surface area contributed by atoms with E-state index in [2.05, 4.69) is 20.3 Å². The van der Waals surface area contributed by atoms with Gasteiger partial charge in [-0.15, -0.1) is 0 Å². The third kappa shape index (κ3) is 2.94. The predicted molar refractivity (Wildman–Crippen MR) is 78.3 cm³/mol. The van der Waals surface area contributed by atoms with Crippen LogP contribution >= 0.6 is 0 Å². The van der Waals surface area contributed by atoms with Crippen molar-refractivity contribution in [3.63, 3.8) is 0 Å². The molecule has 0 saturated carbocycles. The summed E-state index contributed by atoms with van der Waals surface area (Å²) in [5.74, 6) is 0.402. The average molecular weight is 279 g/mol. The van der Waals surface area contributed by atoms with Crippen molar-refractivity contribution in [2.45, 2.75) is 6.92 Å². The number of pyridine rings is 2. The van der Waals surface area contributed by atoms with Crippen LogP contribution in [0.5, 0.6) is 0 Å². The normalized spacial score (nSPS) is 10.3. The molecule has 1 amide bonds. The summed E-state index contributed by atoms with van der Waals surface area (Å²) in [6.45, 7) is 1.92. The number of anilines is 1. The largest absolute Gasteiger partial charge is 0.321 e. The van der Waals surface area contributed by atoms with Gasteiger partial charge < -0.3 is 5.32 Å². The molecule has 0 aliphatic heterocycles. The number of carbonyl (C=O) groups excluding carboxylic acids is 1. The molecular weight excluding hydrogens is 266 g/mol. The summed E-state index contributed by atoms with van der Waals surface area (Å²) in [6, 6.07) is 7.09. The maximum Gasteiger partial charge on any atom is 0.274 e. The van der Waals surface area contributed by atoms with Gasteiger partial charge in [-0.2, -0.15) is 0 Å². The Kier molecular flexibility index (Phi) is 3.42. The molecule has 0 spiro atoms. The van der Waals surface area contributed by atoms with Crippen LogP contribution in [-0.4, -0.2) is 25.4 Å². The Morgan fingerprint density at radius 3 is 2.67 bits per heavy atom. The summed E-state index contributed by atoms with van der Waals surface area (Å²) in [6.07, 6.45) is 8.34. The van der Waals surface area contributed by atoms with Crippen molar-refractivity contribution in [1.29, 1.82) is 0 Å². The molecular formula is C15H13N5O. The number of imidazole rings is 1. The summed E-state index contributed by atoms with van der Waals surface area (Å²) in [5.41, 5.74) is 1.99. The van der Waals surface area contributed by atoms with Crippen molar-refractivity contribution in [3.05, 3.63) is 66.6 Å². The van der Waals surface area contributed by atoms with Crippen LogP contribution in [0.25, 0.3) is 5.82 Å². The monoisotopic (exact) mass is 279 g/mol. The summed E-state index contributed by atoms with van der Waals surface area (Å²) in [7, 11) is 0. The molecule has 0 bridgehead atoms. The van der Waals surface area contributed by atoms with Crippen LogP contribution in [0.1, 0.15) is 16.1 Å². The summed E-state index contributed by atoms with van der Waals surface area (Å²) < 4.78 is 1.76. The van der Waals surface area contributed by atoms with Crippen LogP contribution in [0.4, 0.5) is 5.69 Å². The topological polar surface area (TPSA) is 72.7 Å². The number of hydrogen-bond acceptors (Lipinski definition) is 4. The molecule has 0 aliphatic rings. The summed E-state index contributed by atoms with van der Waals surface area (Å²) >= 11 is 0. The van der Waals surface area contributed by atoms with Gasteiger partial charge in [0.25, 0.3) is 5.91 Å². The Hall–Kier alpha value is -3.02. The molecule has 21 heavy (non-hydrogen) atoms. The number of aryl methyl sites for hydroxylation is 1. The lowest BCUT2D eigenvalue weighted by Gasteiger charge is -2.08. The van der Waals surface area contributed by atoms with Crippen LogP contribution in [0.3, 0.4) is 0 Å². The highest BCUT2D eigenvalue weighted by molar-refractivity contribution is 6.03. The lowest BCUT2D eigenvalue weighted by Crippen LogP contribution is -2.15. The van der Waals surface area contributed by atoms with Crippen LogP contribution in [0.15, 0.2) is 55.4 Å². The van der Waals surface area contributed by atoms with E-state index in [1.807, 2.05) is 13.0 Å². The van der Waals surface area contributed by atoms with Gasteiger partial charge in [0.15, 0.2) is 0 Å². The fourth-order valence-corrected chi connectivity index (χ4v) is 1.92. The van der Waals surface area contributed by atoms with Crippen LogP contribution < -0.4 is 5.32 Å². The van der Waals surface area contributed by atoms with E-state index in [0.717, 1.165) is 5.56 Å². The minimum atomic E-state index is -0.258. The van der Waals surface area contributed by atoms with Gasteiger partial charge in [0.05, 0.1) is 0 Å². The first-order valence-electron chi connectivity index (χ1n) is 6.41. The Balaban J connectivity index is 1.90. The second-order valence-electron chi connectivity index (χ2n) is 4.55. The number of nitrogens with zero attached hydrogens (tertiary/aromatic N) is 4. The van der Waals surface area contributed by atoms with E-state index in [9.17, 15) is 4.79 Å². The van der Waals surface area contributed by atoms with Crippen molar-refractivity contribution in [3.8, 4) is 5.82 Å². The van der Waals surface area contributed by atoms with Gasteiger partial charge in [-0.3, -0.25) is 14.3 Å². The second kappa shape index (κ2) is 5.54. The third-order valence-electron chi connectivity index (χ3n) is 2.90. The van der Waals surface area contributed by atoms with Crippen LogP contribution in [-0.2, 0) is 0 Å². The number of amides is 1. The summed E-state index contributed by atoms with van der Waals surface area (Å²) in [5, 5.41) is 2.79. The smallest absolute Gasteiger partial charge is 0.274 e. The molecule has 3 heterocycles. The van der Waals surface area contributed by atoms with Crippen molar-refractivity contribution in [1.82, 2.24) is 19.5 Å². The van der Waals surface area contributed by atoms with Gasteiger partial charge in [0.2, 0.25) is 0 Å². The molecule has 104 valence electrons. The molecule has 3 aromatic rings. The number of carbonyl (C=O) groups is 1. The predicted octanol–water partition coefficient (Wildman–Crippen LogP) is 2.22. The molecule has 3 rings (SSSR count). The minimum Gasteiger partial charge on any atom is -0.321 e. The molecule has 6 nitrogen and oxygen atoms in total. The molecule has 0 radical (unpaired) electrons. The van der Waals surface area contributed by atoms with E-state index in [1.54, 1.807) is 53.9 Å². The Morgan fingerprint density at radius 2 is 1.95 bits per heavy atom. The standard InChI is InChI=1S/C15H13N5O/c1-11-8-13(15(21)18-12-2-4-16-5-3-12)19-14(9-11)20-7-6-17-10-20/h2-10H,1H3,(H,16,18,21). The minimum absolute atomic E-state index is 0.258. The van der Waals surface area contributed by atoms with Gasteiger partial charge in [0.1, 0.15) is 17.8 Å². The number of aromatic nitrogens is 4. The fraction of sp³-hybridized carbons (Fsp3) is 0.0667. The van der Waals surface area contributed by atoms with E-state index in [4.69, 9.17) is 0 Å². The van der Waals surface area contributed by atoms with E-state index < -0.39 is 0 Å². The first-order valence-corrected chi connectivity index (χ1v) is 6.41. The number of hydrogen-bond donors (Lipinski definition) is 1. The molecule has 0 aromatic carbocycles. The van der Waals surface area contributed by atoms with Gasteiger partial charge in [0, 0.05) is 30.5 Å². The lowest BCUT2D eigenvalue weighted by molar-refractivity contribution is 0.102. The maximum atomic E-state index is 12.3. The Labute approximate surface area is 121 Å². The third-order valence-corrected chi connectivity index (χ3v) is 2.90. The van der Waals surface area contributed by atoms with E-state index in [0.29, 0.717) is 17.2 Å². The molecule has 0 atom stereocenters. The zero-order valence-corrected chi connectivity index (χ0v) is 11.4. The quantitative estimate of drug-likeness (QED) is 0.798. The van der Waals surface area contributed by atoms with Crippen molar-refractivity contribution in [2.75, 3.05) is 5.32 Å². The fourth-order valence-electron chi connectivity index (χ4n) is 1.92. The lowest BCUT2D eigenvalue weighted by atomic mass is 10.2. The zero-order valence-electron chi connectivity index (χ0n) is 11.4. The first-order chi connectivity index (χ1) is 10.2. The SMILES string of the molecule is Cc1cc(C(=O)Nc2ccncc2)nc(-n2ccnc2)c1. The van der Waals surface area contributed by atoms with Crippen LogP contribution in [0.2, 0.25) is 0 Å². The second-order valence-corrected chi connectivity index (χ2v) is 4.55. The van der Waals surface area contributed by atoms with E-state index in [1.165, 1.54) is 0 Å². The highest BCUT2D eigenvalue weighted by Crippen LogP contribution is 2.12.